The van der Waals surface area contributed by atoms with Crippen molar-refractivity contribution in [2.75, 3.05) is 0 Å². The molecular weight excluding hydrogens is 182 g/mol. The molecule has 1 nitrogen and oxygen atoms in total. The van der Waals surface area contributed by atoms with Crippen LogP contribution >= 0.6 is 0 Å². The third-order valence-electron chi connectivity index (χ3n) is 4.08. The minimum atomic E-state index is 0.500. The Morgan fingerprint density at radius 2 is 2.00 bits per heavy atom. The number of nitrogens with two attached hydrogens (primary N) is 1. The fraction of sp³-hybridized carbons (Fsp3) is 1.00. The first kappa shape index (κ1) is 13.0. The van der Waals surface area contributed by atoms with Gasteiger partial charge < -0.3 is 5.73 Å². The first-order valence-electron chi connectivity index (χ1n) is 6.89. The number of rotatable bonds is 5. The Hall–Kier alpha value is -0.0400. The quantitative estimate of drug-likeness (QED) is 0.731. The van der Waals surface area contributed by atoms with E-state index in [0.717, 1.165) is 17.8 Å². The molecule has 1 rings (SSSR count). The SMILES string of the molecule is CCC1CCC(N)C(CCCC(C)C)C1. The van der Waals surface area contributed by atoms with Gasteiger partial charge in [0.2, 0.25) is 0 Å². The van der Waals surface area contributed by atoms with Crippen LogP contribution < -0.4 is 5.73 Å². The highest BCUT2D eigenvalue weighted by atomic mass is 14.7. The predicted molar refractivity (Wildman–Crippen MR) is 67.8 cm³/mol. The molecule has 0 spiro atoms. The molecule has 3 unspecified atom stereocenters. The highest BCUT2D eigenvalue weighted by Crippen LogP contribution is 2.33. The molecule has 0 aromatic rings. The van der Waals surface area contributed by atoms with Crippen LogP contribution in [0.5, 0.6) is 0 Å². The first-order chi connectivity index (χ1) is 7.13. The van der Waals surface area contributed by atoms with E-state index in [2.05, 4.69) is 20.8 Å². The fourth-order valence-corrected chi connectivity index (χ4v) is 2.88. The van der Waals surface area contributed by atoms with Crippen molar-refractivity contribution in [2.45, 2.75) is 71.8 Å². The zero-order chi connectivity index (χ0) is 11.3. The number of hydrogen-bond acceptors (Lipinski definition) is 1. The molecule has 0 amide bonds. The summed E-state index contributed by atoms with van der Waals surface area (Å²) >= 11 is 0. The molecule has 3 atom stereocenters. The van der Waals surface area contributed by atoms with Crippen molar-refractivity contribution in [3.05, 3.63) is 0 Å². The van der Waals surface area contributed by atoms with Crippen LogP contribution in [0.4, 0.5) is 0 Å². The summed E-state index contributed by atoms with van der Waals surface area (Å²) in [4.78, 5) is 0. The molecular formula is C14H29N. The van der Waals surface area contributed by atoms with Crippen molar-refractivity contribution in [1.29, 1.82) is 0 Å². The molecule has 0 saturated heterocycles. The van der Waals surface area contributed by atoms with Crippen LogP contribution in [-0.2, 0) is 0 Å². The van der Waals surface area contributed by atoms with Gasteiger partial charge in [-0.3, -0.25) is 0 Å². The lowest BCUT2D eigenvalue weighted by Crippen LogP contribution is -2.36. The molecule has 0 bridgehead atoms. The second-order valence-corrected chi connectivity index (χ2v) is 5.84. The summed E-state index contributed by atoms with van der Waals surface area (Å²) in [5.74, 6) is 2.64. The van der Waals surface area contributed by atoms with Crippen LogP contribution in [0.1, 0.15) is 65.7 Å². The van der Waals surface area contributed by atoms with E-state index in [1.54, 1.807) is 0 Å². The molecule has 0 heterocycles. The predicted octanol–water partition coefficient (Wildman–Crippen LogP) is 3.97. The van der Waals surface area contributed by atoms with Gasteiger partial charge in [0.15, 0.2) is 0 Å². The van der Waals surface area contributed by atoms with Crippen molar-refractivity contribution < 1.29 is 0 Å². The van der Waals surface area contributed by atoms with E-state index < -0.39 is 0 Å². The van der Waals surface area contributed by atoms with Crippen LogP contribution in [0.2, 0.25) is 0 Å². The molecule has 15 heavy (non-hydrogen) atoms. The molecule has 1 fully saturated rings. The van der Waals surface area contributed by atoms with Gasteiger partial charge in [-0.15, -0.1) is 0 Å². The average molecular weight is 211 g/mol. The molecule has 1 heteroatoms. The Morgan fingerprint density at radius 1 is 1.27 bits per heavy atom. The van der Waals surface area contributed by atoms with Gasteiger partial charge in [0, 0.05) is 6.04 Å². The zero-order valence-electron chi connectivity index (χ0n) is 10.8. The highest BCUT2D eigenvalue weighted by molar-refractivity contribution is 4.82. The van der Waals surface area contributed by atoms with Gasteiger partial charge in [-0.05, 0) is 43.4 Å². The Bertz CT molecular complexity index is 165. The fourth-order valence-electron chi connectivity index (χ4n) is 2.88. The lowest BCUT2D eigenvalue weighted by Gasteiger charge is -2.34. The minimum absolute atomic E-state index is 0.500. The summed E-state index contributed by atoms with van der Waals surface area (Å²) in [5, 5.41) is 0. The van der Waals surface area contributed by atoms with E-state index in [1.807, 2.05) is 0 Å². The topological polar surface area (TPSA) is 26.0 Å². The Morgan fingerprint density at radius 3 is 2.60 bits per heavy atom. The van der Waals surface area contributed by atoms with Crippen molar-refractivity contribution in [1.82, 2.24) is 0 Å². The van der Waals surface area contributed by atoms with E-state index in [9.17, 15) is 0 Å². The molecule has 0 aromatic carbocycles. The summed E-state index contributed by atoms with van der Waals surface area (Å²) < 4.78 is 0. The van der Waals surface area contributed by atoms with Crippen LogP contribution in [0, 0.1) is 17.8 Å². The number of hydrogen-bond donors (Lipinski definition) is 1. The van der Waals surface area contributed by atoms with E-state index in [1.165, 1.54) is 44.9 Å². The summed E-state index contributed by atoms with van der Waals surface area (Å²) in [6, 6.07) is 0.500. The van der Waals surface area contributed by atoms with Gasteiger partial charge >= 0.3 is 0 Å². The largest absolute Gasteiger partial charge is 0.327 e. The van der Waals surface area contributed by atoms with Crippen LogP contribution in [0.25, 0.3) is 0 Å². The highest BCUT2D eigenvalue weighted by Gasteiger charge is 2.26. The van der Waals surface area contributed by atoms with Gasteiger partial charge in [0.1, 0.15) is 0 Å². The summed E-state index contributed by atoms with van der Waals surface area (Å²) in [5.41, 5.74) is 6.21. The smallest absolute Gasteiger partial charge is 0.00673 e. The Balaban J connectivity index is 2.25. The van der Waals surface area contributed by atoms with Crippen molar-refractivity contribution in [3.63, 3.8) is 0 Å². The average Bonchev–Trinajstić information content (AvgIpc) is 2.20. The lowest BCUT2D eigenvalue weighted by atomic mass is 9.75. The van der Waals surface area contributed by atoms with E-state index in [-0.39, 0.29) is 0 Å². The van der Waals surface area contributed by atoms with Crippen molar-refractivity contribution in [2.24, 2.45) is 23.5 Å². The first-order valence-corrected chi connectivity index (χ1v) is 6.89. The summed E-state index contributed by atoms with van der Waals surface area (Å²) in [6.45, 7) is 6.96. The molecule has 90 valence electrons. The zero-order valence-corrected chi connectivity index (χ0v) is 10.8. The van der Waals surface area contributed by atoms with Gasteiger partial charge in [0.05, 0.1) is 0 Å². The molecule has 0 aliphatic heterocycles. The lowest BCUT2D eigenvalue weighted by molar-refractivity contribution is 0.212. The Labute approximate surface area is 95.8 Å². The van der Waals surface area contributed by atoms with E-state index in [4.69, 9.17) is 5.73 Å². The summed E-state index contributed by atoms with van der Waals surface area (Å²) in [6.07, 6.45) is 9.52. The maximum Gasteiger partial charge on any atom is 0.00673 e. The summed E-state index contributed by atoms with van der Waals surface area (Å²) in [7, 11) is 0. The van der Waals surface area contributed by atoms with Gasteiger partial charge in [-0.2, -0.15) is 0 Å². The van der Waals surface area contributed by atoms with Gasteiger partial charge in [-0.25, -0.2) is 0 Å². The molecule has 1 saturated carbocycles. The minimum Gasteiger partial charge on any atom is -0.327 e. The molecule has 2 N–H and O–H groups in total. The maximum atomic E-state index is 6.21. The van der Waals surface area contributed by atoms with Crippen molar-refractivity contribution in [3.8, 4) is 0 Å². The van der Waals surface area contributed by atoms with Crippen LogP contribution in [0.15, 0.2) is 0 Å². The van der Waals surface area contributed by atoms with E-state index in [0.29, 0.717) is 6.04 Å². The standard InChI is InChI=1S/C14H29N/c1-4-12-8-9-14(15)13(10-12)7-5-6-11(2)3/h11-14H,4-10,15H2,1-3H3. The normalized spacial score (nSPS) is 32.2. The second-order valence-electron chi connectivity index (χ2n) is 5.84. The molecule has 0 radical (unpaired) electrons. The van der Waals surface area contributed by atoms with Crippen LogP contribution in [-0.4, -0.2) is 6.04 Å². The van der Waals surface area contributed by atoms with Gasteiger partial charge in [0.25, 0.3) is 0 Å². The molecule has 1 aliphatic rings. The second kappa shape index (κ2) is 6.52. The van der Waals surface area contributed by atoms with E-state index >= 15 is 0 Å². The monoisotopic (exact) mass is 211 g/mol. The van der Waals surface area contributed by atoms with Crippen molar-refractivity contribution >= 4 is 0 Å². The third kappa shape index (κ3) is 4.55. The maximum absolute atomic E-state index is 6.21. The Kier molecular flexibility index (Phi) is 5.66. The molecule has 0 aromatic heterocycles. The molecule has 1 aliphatic carbocycles. The third-order valence-corrected chi connectivity index (χ3v) is 4.08. The van der Waals surface area contributed by atoms with Crippen LogP contribution in [0.3, 0.4) is 0 Å². The van der Waals surface area contributed by atoms with Gasteiger partial charge in [-0.1, -0.05) is 40.0 Å².